The van der Waals surface area contributed by atoms with Gasteiger partial charge in [-0.25, -0.2) is 12.7 Å². The number of carboxylic acid groups (broad SMARTS) is 1. The van der Waals surface area contributed by atoms with Crippen molar-refractivity contribution >= 4 is 21.8 Å². The molecule has 1 unspecified atom stereocenters. The van der Waals surface area contributed by atoms with Crippen molar-refractivity contribution in [3.63, 3.8) is 0 Å². The molecule has 0 aromatic heterocycles. The van der Waals surface area contributed by atoms with Crippen LogP contribution in [0.5, 0.6) is 0 Å². The number of non-ortho nitro benzene ring substituents is 1. The lowest BCUT2D eigenvalue weighted by Gasteiger charge is -2.37. The molecule has 45 heavy (non-hydrogen) atoms. The molecule has 0 radical (unpaired) electrons. The summed E-state index contributed by atoms with van der Waals surface area (Å²) in [6.45, 7) is 5.36. The van der Waals surface area contributed by atoms with E-state index in [1.165, 1.54) is 21.3 Å². The van der Waals surface area contributed by atoms with E-state index < -0.39 is 26.5 Å². The summed E-state index contributed by atoms with van der Waals surface area (Å²) in [7, 11) is -1.98. The minimum atomic E-state index is -3.63. The zero-order chi connectivity index (χ0) is 32.5. The summed E-state index contributed by atoms with van der Waals surface area (Å²) in [4.78, 5) is 25.9. The monoisotopic (exact) mass is 633 g/mol. The van der Waals surface area contributed by atoms with E-state index in [0.717, 1.165) is 44.5 Å². The second kappa shape index (κ2) is 15.3. The first-order valence-corrected chi connectivity index (χ1v) is 16.6. The highest BCUT2D eigenvalue weighted by Crippen LogP contribution is 2.31. The number of piperidine rings is 1. The third-order valence-electron chi connectivity index (χ3n) is 8.62. The van der Waals surface area contributed by atoms with Crippen LogP contribution >= 0.6 is 0 Å². The fourth-order valence-corrected chi connectivity index (χ4v) is 7.12. The highest BCUT2D eigenvalue weighted by molar-refractivity contribution is 7.89. The van der Waals surface area contributed by atoms with E-state index in [1.807, 2.05) is 24.3 Å². The molecule has 4 rings (SSSR count). The van der Waals surface area contributed by atoms with Crippen molar-refractivity contribution in [2.75, 3.05) is 39.8 Å². The van der Waals surface area contributed by atoms with Crippen LogP contribution in [0.4, 0.5) is 10.5 Å². The minimum absolute atomic E-state index is 0.0435. The maximum atomic E-state index is 13.3. The van der Waals surface area contributed by atoms with E-state index in [4.69, 9.17) is 0 Å². The van der Waals surface area contributed by atoms with E-state index in [0.29, 0.717) is 18.0 Å². The first-order valence-electron chi connectivity index (χ1n) is 15.1. The van der Waals surface area contributed by atoms with Gasteiger partial charge in [0.1, 0.15) is 6.09 Å². The van der Waals surface area contributed by atoms with E-state index in [1.54, 1.807) is 49.5 Å². The average Bonchev–Trinajstić information content (AvgIpc) is 3.05. The van der Waals surface area contributed by atoms with Crippen LogP contribution in [0.3, 0.4) is 0 Å². The Labute approximate surface area is 265 Å². The Morgan fingerprint density at radius 1 is 1.00 bits per heavy atom. The van der Waals surface area contributed by atoms with E-state index >= 15 is 0 Å². The third kappa shape index (κ3) is 9.23. The van der Waals surface area contributed by atoms with E-state index in [9.17, 15) is 28.4 Å². The van der Waals surface area contributed by atoms with Gasteiger partial charge in [-0.3, -0.25) is 10.1 Å². The van der Waals surface area contributed by atoms with Crippen LogP contribution in [-0.4, -0.2) is 73.3 Å². The molecular formula is C34H41N4O6S-. The van der Waals surface area contributed by atoms with Crippen LogP contribution in [0, 0.1) is 16.0 Å². The van der Waals surface area contributed by atoms with Gasteiger partial charge in [-0.1, -0.05) is 79.7 Å². The molecule has 11 heteroatoms. The molecule has 0 N–H and O–H groups in total. The Morgan fingerprint density at radius 2 is 1.60 bits per heavy atom. The molecule has 0 spiro atoms. The number of hydrogen-bond acceptors (Lipinski definition) is 7. The van der Waals surface area contributed by atoms with Gasteiger partial charge < -0.3 is 19.7 Å². The van der Waals surface area contributed by atoms with E-state index in [-0.39, 0.29) is 23.7 Å². The molecule has 1 amide bonds. The van der Waals surface area contributed by atoms with Crippen molar-refractivity contribution in [3.8, 4) is 0 Å². The molecule has 1 heterocycles. The van der Waals surface area contributed by atoms with E-state index in [2.05, 4.69) is 30.0 Å². The molecule has 3 aromatic rings. The molecule has 1 saturated heterocycles. The normalized spacial score (nSPS) is 16.1. The number of benzene rings is 3. The number of nitro groups is 1. The number of allylic oxidation sites excluding steroid dienone is 1. The number of hydrogen-bond donors (Lipinski definition) is 0. The average molecular weight is 634 g/mol. The van der Waals surface area contributed by atoms with Crippen LogP contribution in [0.25, 0.3) is 0 Å². The number of sulfonamides is 1. The predicted octanol–water partition coefficient (Wildman–Crippen LogP) is 4.68. The minimum Gasteiger partial charge on any atom is -0.530 e. The third-order valence-corrected chi connectivity index (χ3v) is 10.4. The van der Waals surface area contributed by atoms with Crippen molar-refractivity contribution in [2.45, 2.75) is 43.0 Å². The Hall–Kier alpha value is -4.06. The lowest BCUT2D eigenvalue weighted by molar-refractivity contribution is -0.384. The van der Waals surface area contributed by atoms with Gasteiger partial charge in [-0.2, -0.15) is 0 Å². The lowest BCUT2D eigenvalue weighted by Crippen LogP contribution is -2.43. The van der Waals surface area contributed by atoms with Crippen molar-refractivity contribution < 1.29 is 23.2 Å². The van der Waals surface area contributed by atoms with Gasteiger partial charge in [0.15, 0.2) is 0 Å². The Morgan fingerprint density at radius 3 is 2.18 bits per heavy atom. The molecule has 240 valence electrons. The zero-order valence-corrected chi connectivity index (χ0v) is 26.6. The Kier molecular flexibility index (Phi) is 11.5. The predicted molar refractivity (Wildman–Crippen MR) is 172 cm³/mol. The van der Waals surface area contributed by atoms with Crippen LogP contribution in [-0.2, 0) is 22.0 Å². The number of amides is 1. The largest absolute Gasteiger partial charge is 0.530 e. The fourth-order valence-electron chi connectivity index (χ4n) is 5.81. The van der Waals surface area contributed by atoms with Gasteiger partial charge in [0.25, 0.3) is 5.69 Å². The second-order valence-electron chi connectivity index (χ2n) is 11.9. The standard InChI is InChI=1S/C34H42N4O6S/c1-34(30-11-5-3-6-12-30,27-35(2)45(43,44)32-13-7-4-8-14-32)21-25-36-23-19-28(20-24-36)10-9-22-37(33(39)40)26-29-15-17-31(18-16-29)38(41)42/h3-18,28H,19-27H2,1-2H3,(H,39,40)/p-1/b10-9+. The molecule has 1 aliphatic rings. The van der Waals surface area contributed by atoms with Gasteiger partial charge in [0.2, 0.25) is 10.0 Å². The first kappa shape index (κ1) is 33.8. The summed E-state index contributed by atoms with van der Waals surface area (Å²) >= 11 is 0. The number of carbonyl (C=O) groups excluding carboxylic acids is 1. The van der Waals surface area contributed by atoms with Crippen LogP contribution in [0.1, 0.15) is 37.3 Å². The van der Waals surface area contributed by atoms with Gasteiger partial charge in [-0.05, 0) is 68.1 Å². The van der Waals surface area contributed by atoms with Crippen molar-refractivity contribution in [1.29, 1.82) is 0 Å². The van der Waals surface area contributed by atoms with Gasteiger partial charge in [0, 0.05) is 44.2 Å². The summed E-state index contributed by atoms with van der Waals surface area (Å²) < 4.78 is 28.1. The lowest BCUT2D eigenvalue weighted by atomic mass is 9.79. The number of nitrogens with zero attached hydrogens (tertiary/aromatic N) is 4. The number of carbonyl (C=O) groups is 1. The maximum Gasteiger partial charge on any atom is 0.269 e. The molecule has 1 aliphatic heterocycles. The van der Waals surface area contributed by atoms with Gasteiger partial charge in [-0.15, -0.1) is 0 Å². The topological polar surface area (TPSA) is 127 Å². The highest BCUT2D eigenvalue weighted by Gasteiger charge is 2.33. The van der Waals surface area contributed by atoms with Crippen LogP contribution < -0.4 is 5.11 Å². The molecular weight excluding hydrogens is 592 g/mol. The summed E-state index contributed by atoms with van der Waals surface area (Å²) in [5, 5.41) is 22.6. The smallest absolute Gasteiger partial charge is 0.269 e. The summed E-state index contributed by atoms with van der Waals surface area (Å²) in [5.74, 6) is 0.326. The summed E-state index contributed by atoms with van der Waals surface area (Å²) in [6, 6.07) is 24.4. The van der Waals surface area contributed by atoms with Crippen LogP contribution in [0.15, 0.2) is 102 Å². The summed E-state index contributed by atoms with van der Waals surface area (Å²) in [5.41, 5.74) is 1.31. The molecule has 1 fully saturated rings. The Bertz CT molecular complexity index is 1540. The number of likely N-dealkylation sites (tertiary alicyclic amines) is 1. The fraction of sp³-hybridized carbons (Fsp3) is 0.382. The molecule has 1 atom stereocenters. The van der Waals surface area contributed by atoms with Crippen molar-refractivity contribution in [3.05, 3.63) is 118 Å². The SMILES string of the molecule is CN(CC(C)(CCN1CCC(/C=C/CN(Cc2ccc([N+](=O)[O-])cc2)C(=O)[O-])CC1)c1ccccc1)S(=O)(=O)c1ccccc1. The highest BCUT2D eigenvalue weighted by atomic mass is 32.2. The van der Waals surface area contributed by atoms with Gasteiger partial charge in [0.05, 0.1) is 9.82 Å². The van der Waals surface area contributed by atoms with Crippen LogP contribution in [0.2, 0.25) is 0 Å². The molecule has 3 aromatic carbocycles. The summed E-state index contributed by atoms with van der Waals surface area (Å²) in [6.07, 6.45) is 5.30. The number of likely N-dealkylation sites (N-methyl/N-ethyl adjacent to an activating group) is 1. The number of rotatable bonds is 14. The van der Waals surface area contributed by atoms with Crippen molar-refractivity contribution in [1.82, 2.24) is 14.1 Å². The molecule has 0 bridgehead atoms. The molecule has 0 aliphatic carbocycles. The molecule has 0 saturated carbocycles. The van der Waals surface area contributed by atoms with Crippen molar-refractivity contribution in [2.24, 2.45) is 5.92 Å². The quantitative estimate of drug-likeness (QED) is 0.143. The molecule has 10 nitrogen and oxygen atoms in total. The maximum absolute atomic E-state index is 13.3. The number of nitro benzene ring substituents is 1. The first-order chi connectivity index (χ1) is 21.5. The van der Waals surface area contributed by atoms with Gasteiger partial charge >= 0.3 is 0 Å². The second-order valence-corrected chi connectivity index (χ2v) is 14.0. The Balaban J connectivity index is 1.31. The zero-order valence-electron chi connectivity index (χ0n) is 25.8.